The lowest BCUT2D eigenvalue weighted by Gasteiger charge is -2.12. The molecular weight excluding hydrogens is 312 g/mol. The van der Waals surface area contributed by atoms with Crippen LogP contribution in [0.1, 0.15) is 11.1 Å². The van der Waals surface area contributed by atoms with Crippen LogP contribution >= 0.6 is 0 Å². The lowest BCUT2D eigenvalue weighted by molar-refractivity contribution is 0.333. The summed E-state index contributed by atoms with van der Waals surface area (Å²) in [6.07, 6.45) is 0. The number of nitrogens with one attached hydrogen (secondary N) is 1. The zero-order chi connectivity index (χ0) is 17.6. The normalized spacial score (nSPS) is 10.5. The van der Waals surface area contributed by atoms with Gasteiger partial charge < -0.3 is 15.8 Å². The molecular formula is C20H22N4O. The summed E-state index contributed by atoms with van der Waals surface area (Å²) in [6.45, 7) is 5.33. The molecule has 0 amide bonds. The van der Waals surface area contributed by atoms with E-state index in [-0.39, 0.29) is 5.95 Å². The first-order chi connectivity index (χ1) is 12.1. The van der Waals surface area contributed by atoms with Gasteiger partial charge in [-0.2, -0.15) is 4.98 Å². The van der Waals surface area contributed by atoms with Crippen LogP contribution in [0.4, 0.5) is 11.8 Å². The van der Waals surface area contributed by atoms with Gasteiger partial charge in [0.1, 0.15) is 18.2 Å². The Labute approximate surface area is 147 Å². The number of para-hydroxylation sites is 1. The van der Waals surface area contributed by atoms with Gasteiger partial charge in [0.2, 0.25) is 5.95 Å². The summed E-state index contributed by atoms with van der Waals surface area (Å²) in [5, 5.41) is 3.24. The molecule has 0 aliphatic rings. The van der Waals surface area contributed by atoms with E-state index in [1.807, 2.05) is 48.5 Å². The Morgan fingerprint density at radius 1 is 1.00 bits per heavy atom. The van der Waals surface area contributed by atoms with E-state index in [4.69, 9.17) is 10.5 Å². The van der Waals surface area contributed by atoms with Crippen LogP contribution in [0.2, 0.25) is 0 Å². The third kappa shape index (κ3) is 4.26. The molecule has 0 aliphatic heterocycles. The summed E-state index contributed by atoms with van der Waals surface area (Å²) in [5.74, 6) is 1.80. The van der Waals surface area contributed by atoms with Gasteiger partial charge in [-0.3, -0.25) is 0 Å². The number of aryl methyl sites for hydroxylation is 1. The second-order valence-corrected chi connectivity index (χ2v) is 5.83. The van der Waals surface area contributed by atoms with Gasteiger partial charge in [0.15, 0.2) is 0 Å². The van der Waals surface area contributed by atoms with E-state index in [2.05, 4.69) is 35.2 Å². The maximum Gasteiger partial charge on any atom is 0.222 e. The van der Waals surface area contributed by atoms with Crippen LogP contribution in [0.5, 0.6) is 5.75 Å². The lowest BCUT2D eigenvalue weighted by Crippen LogP contribution is -2.13. The molecule has 0 radical (unpaired) electrons. The van der Waals surface area contributed by atoms with Gasteiger partial charge >= 0.3 is 0 Å². The molecule has 0 fully saturated rings. The van der Waals surface area contributed by atoms with Crippen LogP contribution in [0.15, 0.2) is 54.6 Å². The van der Waals surface area contributed by atoms with Crippen molar-refractivity contribution in [1.29, 1.82) is 0 Å². The Balaban J connectivity index is 1.68. The third-order valence-corrected chi connectivity index (χ3v) is 4.04. The summed E-state index contributed by atoms with van der Waals surface area (Å²) in [6, 6.07) is 17.8. The van der Waals surface area contributed by atoms with E-state index < -0.39 is 0 Å². The van der Waals surface area contributed by atoms with Crippen LogP contribution in [0, 0.1) is 13.8 Å². The number of hydrogen-bond acceptors (Lipinski definition) is 5. The Hall–Kier alpha value is -3.08. The van der Waals surface area contributed by atoms with Crippen molar-refractivity contribution in [3.63, 3.8) is 0 Å². The number of nitrogen functional groups attached to an aromatic ring is 1. The molecule has 3 N–H and O–H groups in total. The lowest BCUT2D eigenvalue weighted by atomic mass is 10.0. The molecule has 0 unspecified atom stereocenters. The first kappa shape index (κ1) is 16.8. The number of aromatic nitrogens is 2. The van der Waals surface area contributed by atoms with Gasteiger partial charge in [-0.05, 0) is 37.1 Å². The van der Waals surface area contributed by atoms with Crippen LogP contribution in [0.25, 0.3) is 11.3 Å². The van der Waals surface area contributed by atoms with Gasteiger partial charge in [0.25, 0.3) is 0 Å². The number of nitrogens with two attached hydrogens (primary N) is 1. The SMILES string of the molecule is Cc1cccc(-c2cc(NCCOc3ccccc3)nc(N)n2)c1C. The molecule has 3 rings (SSSR count). The number of nitrogens with zero attached hydrogens (tertiary/aromatic N) is 2. The first-order valence-corrected chi connectivity index (χ1v) is 8.26. The Morgan fingerprint density at radius 3 is 2.60 bits per heavy atom. The average molecular weight is 334 g/mol. The van der Waals surface area contributed by atoms with Crippen LogP contribution < -0.4 is 15.8 Å². The van der Waals surface area contributed by atoms with Crippen molar-refractivity contribution in [2.45, 2.75) is 13.8 Å². The van der Waals surface area contributed by atoms with E-state index in [1.165, 1.54) is 11.1 Å². The number of benzene rings is 2. The summed E-state index contributed by atoms with van der Waals surface area (Å²) in [5.41, 5.74) is 10.2. The number of rotatable bonds is 6. The maximum atomic E-state index is 5.89. The van der Waals surface area contributed by atoms with Gasteiger partial charge in [-0.1, -0.05) is 36.4 Å². The average Bonchev–Trinajstić information content (AvgIpc) is 2.61. The maximum absolute atomic E-state index is 5.89. The minimum absolute atomic E-state index is 0.255. The predicted octanol–water partition coefficient (Wildman–Crippen LogP) is 3.83. The highest BCUT2D eigenvalue weighted by molar-refractivity contribution is 5.68. The van der Waals surface area contributed by atoms with Gasteiger partial charge in [-0.25, -0.2) is 4.98 Å². The zero-order valence-corrected chi connectivity index (χ0v) is 14.5. The molecule has 0 saturated carbocycles. The second-order valence-electron chi connectivity index (χ2n) is 5.83. The first-order valence-electron chi connectivity index (χ1n) is 8.26. The van der Waals surface area contributed by atoms with Crippen molar-refractivity contribution in [1.82, 2.24) is 9.97 Å². The summed E-state index contributed by atoms with van der Waals surface area (Å²) in [4.78, 5) is 8.63. The highest BCUT2D eigenvalue weighted by Gasteiger charge is 2.08. The fourth-order valence-electron chi connectivity index (χ4n) is 2.59. The second kappa shape index (κ2) is 7.66. The van der Waals surface area contributed by atoms with Crippen molar-refractivity contribution in [3.8, 4) is 17.0 Å². The molecule has 128 valence electrons. The van der Waals surface area contributed by atoms with E-state index in [0.717, 1.165) is 17.0 Å². The molecule has 1 heterocycles. The topological polar surface area (TPSA) is 73.1 Å². The van der Waals surface area contributed by atoms with Crippen molar-refractivity contribution in [2.75, 3.05) is 24.2 Å². The highest BCUT2D eigenvalue weighted by Crippen LogP contribution is 2.25. The summed E-state index contributed by atoms with van der Waals surface area (Å²) < 4.78 is 5.67. The summed E-state index contributed by atoms with van der Waals surface area (Å²) in [7, 11) is 0. The standard InChI is InChI=1S/C20H22N4O/c1-14-7-6-10-17(15(14)2)18-13-19(24-20(21)23-18)22-11-12-25-16-8-4-3-5-9-16/h3-10,13H,11-12H2,1-2H3,(H3,21,22,23,24). The molecule has 25 heavy (non-hydrogen) atoms. The molecule has 0 atom stereocenters. The van der Waals surface area contributed by atoms with Crippen molar-refractivity contribution in [3.05, 3.63) is 65.7 Å². The molecule has 1 aromatic heterocycles. The minimum Gasteiger partial charge on any atom is -0.492 e. The molecule has 3 aromatic rings. The summed E-state index contributed by atoms with van der Waals surface area (Å²) >= 11 is 0. The van der Waals surface area contributed by atoms with E-state index in [9.17, 15) is 0 Å². The fraction of sp³-hybridized carbons (Fsp3) is 0.200. The van der Waals surface area contributed by atoms with Crippen molar-refractivity contribution < 1.29 is 4.74 Å². The highest BCUT2D eigenvalue weighted by atomic mass is 16.5. The quantitative estimate of drug-likeness (QED) is 0.670. The Kier molecular flexibility index (Phi) is 5.14. The Morgan fingerprint density at radius 2 is 1.80 bits per heavy atom. The molecule has 0 spiro atoms. The number of hydrogen-bond donors (Lipinski definition) is 2. The van der Waals surface area contributed by atoms with Crippen LogP contribution in [0.3, 0.4) is 0 Å². The van der Waals surface area contributed by atoms with Crippen LogP contribution in [-0.4, -0.2) is 23.1 Å². The molecule has 0 aliphatic carbocycles. The molecule has 5 heteroatoms. The monoisotopic (exact) mass is 334 g/mol. The fourth-order valence-corrected chi connectivity index (χ4v) is 2.59. The minimum atomic E-state index is 0.255. The Bertz CT molecular complexity index is 850. The number of anilines is 2. The molecule has 2 aromatic carbocycles. The molecule has 0 saturated heterocycles. The van der Waals surface area contributed by atoms with Crippen molar-refractivity contribution >= 4 is 11.8 Å². The van der Waals surface area contributed by atoms with Gasteiger partial charge in [-0.15, -0.1) is 0 Å². The molecule has 5 nitrogen and oxygen atoms in total. The van der Waals surface area contributed by atoms with E-state index in [0.29, 0.717) is 19.0 Å². The van der Waals surface area contributed by atoms with Crippen molar-refractivity contribution in [2.24, 2.45) is 0 Å². The van der Waals surface area contributed by atoms with E-state index in [1.54, 1.807) is 0 Å². The van der Waals surface area contributed by atoms with Gasteiger partial charge in [0.05, 0.1) is 12.2 Å². The number of ether oxygens (including phenoxy) is 1. The molecule has 0 bridgehead atoms. The zero-order valence-electron chi connectivity index (χ0n) is 14.5. The van der Waals surface area contributed by atoms with Crippen LogP contribution in [-0.2, 0) is 0 Å². The predicted molar refractivity (Wildman–Crippen MR) is 102 cm³/mol. The van der Waals surface area contributed by atoms with E-state index >= 15 is 0 Å². The third-order valence-electron chi connectivity index (χ3n) is 4.04. The largest absolute Gasteiger partial charge is 0.492 e. The smallest absolute Gasteiger partial charge is 0.222 e. The van der Waals surface area contributed by atoms with Gasteiger partial charge in [0, 0.05) is 11.6 Å².